The van der Waals surface area contributed by atoms with Crippen molar-refractivity contribution in [1.29, 1.82) is 0 Å². The molecule has 0 fully saturated rings. The maximum Gasteiger partial charge on any atom is 0.275 e. The smallest absolute Gasteiger partial charge is 0.275 e. The molecular formula is C32H36O4P2. The third kappa shape index (κ3) is 6.68. The Morgan fingerprint density at radius 2 is 0.895 bits per heavy atom. The van der Waals surface area contributed by atoms with Crippen molar-refractivity contribution in [3.63, 3.8) is 0 Å². The molecule has 0 spiro atoms. The van der Waals surface area contributed by atoms with Gasteiger partial charge in [0.15, 0.2) is 0 Å². The van der Waals surface area contributed by atoms with Crippen molar-refractivity contribution in [2.45, 2.75) is 54.4 Å². The van der Waals surface area contributed by atoms with E-state index in [2.05, 4.69) is 58.9 Å². The summed E-state index contributed by atoms with van der Waals surface area (Å²) in [6, 6.07) is 24.7. The van der Waals surface area contributed by atoms with E-state index in [0.717, 1.165) is 56.4 Å². The van der Waals surface area contributed by atoms with Crippen molar-refractivity contribution in [2.75, 3.05) is 0 Å². The fourth-order valence-electron chi connectivity index (χ4n) is 4.62. The molecule has 0 aromatic heterocycles. The lowest BCUT2D eigenvalue weighted by Crippen LogP contribution is -2.05. The van der Waals surface area contributed by atoms with Crippen LogP contribution in [0.2, 0.25) is 0 Å². The van der Waals surface area contributed by atoms with Gasteiger partial charge >= 0.3 is 0 Å². The molecule has 2 atom stereocenters. The van der Waals surface area contributed by atoms with Crippen molar-refractivity contribution in [2.24, 2.45) is 0 Å². The van der Waals surface area contributed by atoms with Crippen LogP contribution in [-0.4, -0.2) is 0 Å². The molecule has 6 heteroatoms. The van der Waals surface area contributed by atoms with Gasteiger partial charge in [0.1, 0.15) is 23.0 Å². The first-order chi connectivity index (χ1) is 18.2. The zero-order valence-corrected chi connectivity index (χ0v) is 25.1. The normalized spacial score (nSPS) is 12.3. The molecule has 4 rings (SSSR count). The minimum absolute atomic E-state index is 0.0312. The molecule has 0 radical (unpaired) electrons. The Labute approximate surface area is 230 Å². The van der Waals surface area contributed by atoms with Crippen LogP contribution in [-0.2, 0) is 0 Å². The summed E-state index contributed by atoms with van der Waals surface area (Å²) in [5, 5.41) is 0. The molecule has 4 nitrogen and oxygen atoms in total. The average Bonchev–Trinajstić information content (AvgIpc) is 2.87. The van der Waals surface area contributed by atoms with Crippen molar-refractivity contribution in [1.82, 2.24) is 0 Å². The van der Waals surface area contributed by atoms with Crippen LogP contribution < -0.4 is 18.1 Å². The van der Waals surface area contributed by atoms with Crippen LogP contribution >= 0.6 is 18.1 Å². The molecule has 0 N–H and O–H groups in total. The van der Waals surface area contributed by atoms with E-state index in [1.54, 1.807) is 0 Å². The topological polar surface area (TPSA) is 36.9 Å². The summed E-state index contributed by atoms with van der Waals surface area (Å²) in [5.41, 5.74) is 8.96. The van der Waals surface area contributed by atoms with E-state index in [-0.39, 0.29) is 24.0 Å². The highest BCUT2D eigenvalue weighted by Crippen LogP contribution is 2.43. The molecule has 0 heterocycles. The summed E-state index contributed by atoms with van der Waals surface area (Å²) in [5.74, 6) is 3.43. The van der Waals surface area contributed by atoms with Crippen LogP contribution in [0.25, 0.3) is 0 Å². The maximum atomic E-state index is 6.32. The molecule has 4 aromatic rings. The second-order valence-corrected chi connectivity index (χ2v) is 11.0. The highest BCUT2D eigenvalue weighted by atomic mass is 31.1. The fraction of sp³-hybridized carbons (Fsp3) is 0.250. The lowest BCUT2D eigenvalue weighted by Gasteiger charge is -2.23. The number of benzene rings is 4. The molecule has 38 heavy (non-hydrogen) atoms. The Morgan fingerprint density at radius 1 is 0.500 bits per heavy atom. The minimum Gasteiger partial charge on any atom is -0.440 e. The number of rotatable bonds is 10. The van der Waals surface area contributed by atoms with Crippen LogP contribution in [0, 0.1) is 41.5 Å². The van der Waals surface area contributed by atoms with Gasteiger partial charge in [-0.25, -0.2) is 0 Å². The highest BCUT2D eigenvalue weighted by Gasteiger charge is 2.22. The van der Waals surface area contributed by atoms with Crippen LogP contribution in [0.5, 0.6) is 23.0 Å². The van der Waals surface area contributed by atoms with Crippen molar-refractivity contribution < 1.29 is 18.1 Å². The first kappa shape index (κ1) is 28.0. The first-order valence-electron chi connectivity index (χ1n) is 12.8. The van der Waals surface area contributed by atoms with E-state index in [9.17, 15) is 0 Å². The Morgan fingerprint density at radius 3 is 1.29 bits per heavy atom. The van der Waals surface area contributed by atoms with E-state index in [1.165, 1.54) is 11.1 Å². The molecule has 4 aromatic carbocycles. The zero-order chi connectivity index (χ0) is 27.2. The lowest BCUT2D eigenvalue weighted by molar-refractivity contribution is 0.500. The molecule has 0 aliphatic carbocycles. The Balaban J connectivity index is 1.60. The standard InChI is InChI=1S/C32H36O4P2/c1-20-16-24(5)31(35-37-33-29-14-10-8-12-22(29)3)27(18-20)26(7)28-19-21(2)17-25(6)32(28)36-38-34-30-15-11-9-13-23(30)4/h8-19,26,37-38H,1-7H3. The number of para-hydroxylation sites is 2. The van der Waals surface area contributed by atoms with Crippen LogP contribution in [0.4, 0.5) is 0 Å². The van der Waals surface area contributed by atoms with Gasteiger partial charge in [0.05, 0.1) is 0 Å². The van der Waals surface area contributed by atoms with E-state index in [0.29, 0.717) is 0 Å². The minimum atomic E-state index is -0.151. The Hall–Kier alpha value is -3.06. The summed E-state index contributed by atoms with van der Waals surface area (Å²) in [4.78, 5) is 0. The second-order valence-electron chi connectivity index (χ2n) is 9.83. The molecule has 0 saturated heterocycles. The van der Waals surface area contributed by atoms with Gasteiger partial charge in [-0.1, -0.05) is 78.7 Å². The van der Waals surface area contributed by atoms with Crippen LogP contribution in [0.15, 0.2) is 72.8 Å². The molecule has 0 aliphatic heterocycles. The number of aryl methyl sites for hydroxylation is 6. The van der Waals surface area contributed by atoms with Gasteiger partial charge in [0.2, 0.25) is 0 Å². The molecule has 0 amide bonds. The number of hydrogen-bond acceptors (Lipinski definition) is 4. The third-order valence-corrected chi connectivity index (χ3v) is 7.79. The summed E-state index contributed by atoms with van der Waals surface area (Å²) < 4.78 is 24.6. The summed E-state index contributed by atoms with van der Waals surface area (Å²) >= 11 is 0. The van der Waals surface area contributed by atoms with Gasteiger partial charge < -0.3 is 18.1 Å². The van der Waals surface area contributed by atoms with Crippen molar-refractivity contribution in [3.8, 4) is 23.0 Å². The van der Waals surface area contributed by atoms with Gasteiger partial charge in [-0.2, -0.15) is 0 Å². The van der Waals surface area contributed by atoms with Gasteiger partial charge in [-0.3, -0.25) is 0 Å². The van der Waals surface area contributed by atoms with Crippen LogP contribution in [0.1, 0.15) is 57.3 Å². The fourth-order valence-corrected chi connectivity index (χ4v) is 6.07. The van der Waals surface area contributed by atoms with E-state index >= 15 is 0 Å². The zero-order valence-electron chi connectivity index (χ0n) is 23.1. The van der Waals surface area contributed by atoms with Crippen molar-refractivity contribution >= 4 is 18.1 Å². The van der Waals surface area contributed by atoms with Gasteiger partial charge in [-0.15, -0.1) is 0 Å². The summed E-state index contributed by atoms with van der Waals surface area (Å²) in [6.07, 6.45) is 0. The van der Waals surface area contributed by atoms with E-state index < -0.39 is 0 Å². The van der Waals surface area contributed by atoms with Crippen molar-refractivity contribution in [3.05, 3.63) is 117 Å². The van der Waals surface area contributed by atoms with Gasteiger partial charge in [0.25, 0.3) is 18.1 Å². The average molecular weight is 547 g/mol. The molecule has 0 saturated carbocycles. The molecule has 2 unspecified atom stereocenters. The predicted molar refractivity (Wildman–Crippen MR) is 161 cm³/mol. The predicted octanol–water partition coefficient (Wildman–Crippen LogP) is 9.62. The lowest BCUT2D eigenvalue weighted by atomic mass is 9.87. The van der Waals surface area contributed by atoms with Crippen LogP contribution in [0.3, 0.4) is 0 Å². The third-order valence-electron chi connectivity index (χ3n) is 6.61. The second kappa shape index (κ2) is 12.7. The molecule has 0 bridgehead atoms. The van der Waals surface area contributed by atoms with E-state index in [1.807, 2.05) is 62.4 Å². The molecule has 198 valence electrons. The monoisotopic (exact) mass is 546 g/mol. The van der Waals surface area contributed by atoms with E-state index in [4.69, 9.17) is 18.1 Å². The first-order valence-corrected chi connectivity index (χ1v) is 14.4. The quantitative estimate of drug-likeness (QED) is 0.186. The summed E-state index contributed by atoms with van der Waals surface area (Å²) in [7, 11) is -0.302. The maximum absolute atomic E-state index is 6.32. The Kier molecular flexibility index (Phi) is 9.31. The molecule has 0 aliphatic rings. The largest absolute Gasteiger partial charge is 0.440 e. The highest BCUT2D eigenvalue weighted by molar-refractivity contribution is 7.27. The van der Waals surface area contributed by atoms with Gasteiger partial charge in [-0.05, 0) is 75.9 Å². The Bertz CT molecular complexity index is 1310. The SMILES string of the molecule is Cc1cc(C)c(OPOc2ccccc2C)c(C(C)c2cc(C)cc(C)c2OPOc2ccccc2C)c1. The summed E-state index contributed by atoms with van der Waals surface area (Å²) in [6.45, 7) is 14.7. The van der Waals surface area contributed by atoms with Gasteiger partial charge in [0, 0.05) is 17.0 Å². The number of hydrogen-bond donors (Lipinski definition) is 0. The molecular weight excluding hydrogens is 510 g/mol.